The van der Waals surface area contributed by atoms with Crippen molar-refractivity contribution >= 4 is 0 Å². The minimum absolute atomic E-state index is 0.289. The zero-order valence-electron chi connectivity index (χ0n) is 13.0. The Morgan fingerprint density at radius 3 is 2.35 bits per heavy atom. The van der Waals surface area contributed by atoms with Crippen LogP contribution in [-0.4, -0.2) is 14.9 Å². The van der Waals surface area contributed by atoms with Gasteiger partial charge in [-0.05, 0) is 36.8 Å². The molecular weight excluding hydrogens is 248 g/mol. The van der Waals surface area contributed by atoms with Gasteiger partial charge in [-0.2, -0.15) is 5.10 Å². The minimum atomic E-state index is 0.289. The molecule has 0 saturated heterocycles. The van der Waals surface area contributed by atoms with Crippen molar-refractivity contribution in [2.45, 2.75) is 47.0 Å². The lowest BCUT2D eigenvalue weighted by Gasteiger charge is -2.08. The van der Waals surface area contributed by atoms with Gasteiger partial charge in [-0.15, -0.1) is 0 Å². The first kappa shape index (κ1) is 14.6. The summed E-state index contributed by atoms with van der Waals surface area (Å²) in [5.41, 5.74) is 4.04. The molecule has 0 aliphatic carbocycles. The lowest BCUT2D eigenvalue weighted by molar-refractivity contribution is 0.424. The first-order valence-electron chi connectivity index (χ1n) is 7.28. The van der Waals surface area contributed by atoms with Crippen LogP contribution in [0.3, 0.4) is 0 Å². The Labute approximate surface area is 121 Å². The second-order valence-electron chi connectivity index (χ2n) is 6.14. The third-order valence-corrected chi connectivity index (χ3v) is 3.49. The lowest BCUT2D eigenvalue weighted by Crippen LogP contribution is -2.00. The molecule has 0 unspecified atom stereocenters. The van der Waals surface area contributed by atoms with Crippen LogP contribution in [0.4, 0.5) is 0 Å². The number of hydrogen-bond acceptors (Lipinski definition) is 2. The molecule has 1 aromatic carbocycles. The second-order valence-corrected chi connectivity index (χ2v) is 6.14. The fraction of sp³-hybridized carbons (Fsp3) is 0.471. The fourth-order valence-corrected chi connectivity index (χ4v) is 2.49. The number of nitrogens with zero attached hydrogens (tertiary/aromatic N) is 2. The summed E-state index contributed by atoms with van der Waals surface area (Å²) in [6, 6.07) is 8.00. The van der Waals surface area contributed by atoms with Crippen LogP contribution in [0.1, 0.15) is 50.4 Å². The molecule has 1 heterocycles. The van der Waals surface area contributed by atoms with Crippen molar-refractivity contribution in [1.29, 1.82) is 0 Å². The standard InChI is InChI=1S/C17H24N2O/c1-11(2)10-14-16(12(3)4)18-19(17(14)20)15-9-7-6-8-13(15)5/h6-9,11-12,20H,10H2,1-5H3. The molecule has 0 radical (unpaired) electrons. The van der Waals surface area contributed by atoms with E-state index in [1.165, 1.54) is 0 Å². The number of hydrogen-bond donors (Lipinski definition) is 1. The summed E-state index contributed by atoms with van der Waals surface area (Å²) >= 11 is 0. The Hall–Kier alpha value is -1.77. The van der Waals surface area contributed by atoms with E-state index in [0.717, 1.165) is 28.9 Å². The SMILES string of the molecule is Cc1ccccc1-n1nc(C(C)C)c(CC(C)C)c1O. The molecule has 0 atom stereocenters. The van der Waals surface area contributed by atoms with Gasteiger partial charge in [0.2, 0.25) is 5.88 Å². The van der Waals surface area contributed by atoms with E-state index >= 15 is 0 Å². The summed E-state index contributed by atoms with van der Waals surface area (Å²) < 4.78 is 1.68. The summed E-state index contributed by atoms with van der Waals surface area (Å²) in [4.78, 5) is 0. The second kappa shape index (κ2) is 5.70. The molecule has 0 aliphatic heterocycles. The normalized spacial score (nSPS) is 11.6. The van der Waals surface area contributed by atoms with E-state index in [4.69, 9.17) is 0 Å². The van der Waals surface area contributed by atoms with E-state index in [0.29, 0.717) is 11.8 Å². The zero-order chi connectivity index (χ0) is 14.9. The third-order valence-electron chi connectivity index (χ3n) is 3.49. The number of rotatable bonds is 4. The molecule has 20 heavy (non-hydrogen) atoms. The van der Waals surface area contributed by atoms with Gasteiger partial charge < -0.3 is 5.11 Å². The van der Waals surface area contributed by atoms with Crippen molar-refractivity contribution in [1.82, 2.24) is 9.78 Å². The average Bonchev–Trinajstić information content (AvgIpc) is 2.68. The van der Waals surface area contributed by atoms with Crippen molar-refractivity contribution in [2.24, 2.45) is 5.92 Å². The molecule has 1 N–H and O–H groups in total. The fourth-order valence-electron chi connectivity index (χ4n) is 2.49. The maximum Gasteiger partial charge on any atom is 0.217 e. The Morgan fingerprint density at radius 2 is 1.80 bits per heavy atom. The van der Waals surface area contributed by atoms with Crippen LogP contribution in [0.2, 0.25) is 0 Å². The van der Waals surface area contributed by atoms with Crippen LogP contribution in [0.15, 0.2) is 24.3 Å². The molecule has 0 bridgehead atoms. The Bertz CT molecular complexity index is 597. The third kappa shape index (κ3) is 2.72. The van der Waals surface area contributed by atoms with E-state index in [1.807, 2.05) is 31.2 Å². The highest BCUT2D eigenvalue weighted by atomic mass is 16.3. The molecule has 3 nitrogen and oxygen atoms in total. The van der Waals surface area contributed by atoms with Gasteiger partial charge in [0.25, 0.3) is 0 Å². The van der Waals surface area contributed by atoms with Gasteiger partial charge in [-0.25, -0.2) is 4.68 Å². The van der Waals surface area contributed by atoms with Gasteiger partial charge in [0, 0.05) is 5.56 Å². The van der Waals surface area contributed by atoms with Crippen LogP contribution >= 0.6 is 0 Å². The number of aryl methyl sites for hydroxylation is 1. The summed E-state index contributed by atoms with van der Waals surface area (Å²) in [7, 11) is 0. The zero-order valence-corrected chi connectivity index (χ0v) is 13.0. The lowest BCUT2D eigenvalue weighted by atomic mass is 9.98. The van der Waals surface area contributed by atoms with Crippen molar-refractivity contribution in [3.63, 3.8) is 0 Å². The highest BCUT2D eigenvalue weighted by Gasteiger charge is 2.21. The molecule has 2 rings (SSSR count). The highest BCUT2D eigenvalue weighted by Crippen LogP contribution is 2.32. The first-order valence-corrected chi connectivity index (χ1v) is 7.28. The highest BCUT2D eigenvalue weighted by molar-refractivity contribution is 5.45. The van der Waals surface area contributed by atoms with Crippen LogP contribution in [-0.2, 0) is 6.42 Å². The molecule has 0 aliphatic rings. The van der Waals surface area contributed by atoms with E-state index in [9.17, 15) is 5.11 Å². The van der Waals surface area contributed by atoms with Crippen molar-refractivity contribution in [3.05, 3.63) is 41.1 Å². The van der Waals surface area contributed by atoms with E-state index < -0.39 is 0 Å². The van der Waals surface area contributed by atoms with Crippen LogP contribution in [0.5, 0.6) is 5.88 Å². The monoisotopic (exact) mass is 272 g/mol. The topological polar surface area (TPSA) is 38.0 Å². The van der Waals surface area contributed by atoms with Crippen LogP contribution < -0.4 is 0 Å². The quantitative estimate of drug-likeness (QED) is 0.905. The van der Waals surface area contributed by atoms with E-state index in [-0.39, 0.29) is 5.88 Å². The molecule has 108 valence electrons. The van der Waals surface area contributed by atoms with Crippen molar-refractivity contribution < 1.29 is 5.11 Å². The maximum atomic E-state index is 10.6. The number of para-hydroxylation sites is 1. The van der Waals surface area contributed by atoms with E-state index in [1.54, 1.807) is 4.68 Å². The van der Waals surface area contributed by atoms with Crippen molar-refractivity contribution in [3.8, 4) is 11.6 Å². The predicted molar refractivity (Wildman–Crippen MR) is 82.6 cm³/mol. The number of benzene rings is 1. The van der Waals surface area contributed by atoms with Crippen molar-refractivity contribution in [2.75, 3.05) is 0 Å². The Morgan fingerprint density at radius 1 is 1.15 bits per heavy atom. The molecule has 0 fully saturated rings. The molecule has 0 spiro atoms. The molecule has 1 aromatic heterocycles. The molecular formula is C17H24N2O. The minimum Gasteiger partial charge on any atom is -0.493 e. The number of aromatic hydroxyl groups is 1. The van der Waals surface area contributed by atoms with Gasteiger partial charge in [0.15, 0.2) is 0 Å². The maximum absolute atomic E-state index is 10.6. The number of aromatic nitrogens is 2. The van der Waals surface area contributed by atoms with Gasteiger partial charge in [-0.3, -0.25) is 0 Å². The summed E-state index contributed by atoms with van der Waals surface area (Å²) in [6.45, 7) is 10.6. The average molecular weight is 272 g/mol. The van der Waals surface area contributed by atoms with Gasteiger partial charge in [0.1, 0.15) is 0 Å². The van der Waals surface area contributed by atoms with Gasteiger partial charge >= 0.3 is 0 Å². The summed E-state index contributed by atoms with van der Waals surface area (Å²) in [6.07, 6.45) is 0.852. The molecule has 3 heteroatoms. The molecule has 0 saturated carbocycles. The molecule has 2 aromatic rings. The van der Waals surface area contributed by atoms with Gasteiger partial charge in [-0.1, -0.05) is 45.9 Å². The first-order chi connectivity index (χ1) is 9.41. The Kier molecular flexibility index (Phi) is 4.17. The summed E-state index contributed by atoms with van der Waals surface area (Å²) in [5.74, 6) is 1.09. The van der Waals surface area contributed by atoms with Gasteiger partial charge in [0.05, 0.1) is 11.4 Å². The molecule has 0 amide bonds. The summed E-state index contributed by atoms with van der Waals surface area (Å²) in [5, 5.41) is 15.2. The van der Waals surface area contributed by atoms with Crippen LogP contribution in [0, 0.1) is 12.8 Å². The van der Waals surface area contributed by atoms with Crippen LogP contribution in [0.25, 0.3) is 5.69 Å². The van der Waals surface area contributed by atoms with E-state index in [2.05, 4.69) is 32.8 Å². The largest absolute Gasteiger partial charge is 0.493 e. The Balaban J connectivity index is 2.58. The smallest absolute Gasteiger partial charge is 0.217 e. The predicted octanol–water partition coefficient (Wildman–Crippen LogP) is 4.21.